The van der Waals surface area contributed by atoms with Crippen molar-refractivity contribution in [3.63, 3.8) is 0 Å². The van der Waals surface area contributed by atoms with Gasteiger partial charge in [0, 0.05) is 5.56 Å². The van der Waals surface area contributed by atoms with Crippen LogP contribution in [0.25, 0.3) is 0 Å². The molecule has 1 aromatic carbocycles. The Morgan fingerprint density at radius 2 is 1.65 bits per heavy atom. The van der Waals surface area contributed by atoms with Crippen LogP contribution in [0.15, 0.2) is 36.9 Å². The maximum atomic E-state index is 3.76. The van der Waals surface area contributed by atoms with Gasteiger partial charge in [0.25, 0.3) is 0 Å². The molecule has 0 atom stereocenters. The van der Waals surface area contributed by atoms with Crippen LogP contribution in [0, 0.1) is 11.5 Å². The van der Waals surface area contributed by atoms with Gasteiger partial charge in [-0.1, -0.05) is 56.6 Å². The molecular formula is C19H28Si. The van der Waals surface area contributed by atoms with Gasteiger partial charge in [-0.3, -0.25) is 0 Å². The molecule has 0 aliphatic carbocycles. The van der Waals surface area contributed by atoms with E-state index in [4.69, 9.17) is 0 Å². The predicted octanol–water partition coefficient (Wildman–Crippen LogP) is 5.59. The minimum atomic E-state index is -1.26. The molecule has 1 rings (SSSR count). The lowest BCUT2D eigenvalue weighted by molar-refractivity contribution is 0.646. The summed E-state index contributed by atoms with van der Waals surface area (Å²) < 4.78 is 0. The monoisotopic (exact) mass is 284 g/mol. The van der Waals surface area contributed by atoms with Crippen LogP contribution in [0.4, 0.5) is 0 Å². The third kappa shape index (κ3) is 8.02. The number of allylic oxidation sites excluding steroid dienone is 1. The molecule has 0 nitrogen and oxygen atoms in total. The molecule has 0 aliphatic heterocycles. The van der Waals surface area contributed by atoms with Gasteiger partial charge in [0.1, 0.15) is 8.07 Å². The molecule has 0 saturated heterocycles. The van der Waals surface area contributed by atoms with Gasteiger partial charge >= 0.3 is 0 Å². The molecule has 0 radical (unpaired) electrons. The van der Waals surface area contributed by atoms with Crippen molar-refractivity contribution >= 4 is 8.07 Å². The Morgan fingerprint density at radius 1 is 1.00 bits per heavy atom. The highest BCUT2D eigenvalue weighted by molar-refractivity contribution is 6.83. The topological polar surface area (TPSA) is 0 Å². The zero-order valence-corrected chi connectivity index (χ0v) is 14.3. The van der Waals surface area contributed by atoms with Crippen molar-refractivity contribution in [3.8, 4) is 11.5 Å². The highest BCUT2D eigenvalue weighted by Crippen LogP contribution is 2.10. The Kier molecular flexibility index (Phi) is 7.40. The summed E-state index contributed by atoms with van der Waals surface area (Å²) in [5, 5.41) is 0. The highest BCUT2D eigenvalue weighted by atomic mass is 28.3. The minimum absolute atomic E-state index is 1.15. The molecule has 0 aromatic heterocycles. The van der Waals surface area contributed by atoms with Crippen LogP contribution in [0.2, 0.25) is 19.6 Å². The summed E-state index contributed by atoms with van der Waals surface area (Å²) in [5.74, 6) is 3.30. The first-order valence-corrected chi connectivity index (χ1v) is 11.2. The molecule has 0 bridgehead atoms. The van der Waals surface area contributed by atoms with Gasteiger partial charge in [-0.2, -0.15) is 0 Å². The molecule has 0 spiro atoms. The van der Waals surface area contributed by atoms with E-state index < -0.39 is 8.07 Å². The zero-order chi connectivity index (χ0) is 14.8. The lowest BCUT2D eigenvalue weighted by Crippen LogP contribution is -2.16. The molecule has 0 aliphatic rings. The molecule has 0 unspecified atom stereocenters. The van der Waals surface area contributed by atoms with Gasteiger partial charge in [0.2, 0.25) is 0 Å². The molecule has 0 amide bonds. The molecule has 0 N–H and O–H groups in total. The summed E-state index contributed by atoms with van der Waals surface area (Å²) >= 11 is 0. The smallest absolute Gasteiger partial charge is 0.127 e. The second-order valence-electron chi connectivity index (χ2n) is 6.44. The molecule has 0 saturated carbocycles. The summed E-state index contributed by atoms with van der Waals surface area (Å²) in [7, 11) is -1.26. The van der Waals surface area contributed by atoms with Crippen LogP contribution >= 0.6 is 0 Å². The summed E-state index contributed by atoms with van der Waals surface area (Å²) in [5.41, 5.74) is 6.00. The summed E-state index contributed by atoms with van der Waals surface area (Å²) in [6.45, 7) is 10.6. The van der Waals surface area contributed by atoms with Crippen LogP contribution in [0.5, 0.6) is 0 Å². The van der Waals surface area contributed by atoms with Gasteiger partial charge in [-0.05, 0) is 43.4 Å². The van der Waals surface area contributed by atoms with Crippen molar-refractivity contribution < 1.29 is 0 Å². The zero-order valence-electron chi connectivity index (χ0n) is 13.3. The summed E-state index contributed by atoms with van der Waals surface area (Å²) in [4.78, 5) is 0. The molecule has 1 aromatic rings. The van der Waals surface area contributed by atoms with E-state index in [9.17, 15) is 0 Å². The largest absolute Gasteiger partial charge is 0.129 e. The average molecular weight is 285 g/mol. The van der Waals surface area contributed by atoms with Crippen molar-refractivity contribution in [1.29, 1.82) is 0 Å². The molecule has 0 heterocycles. The van der Waals surface area contributed by atoms with Gasteiger partial charge in [-0.25, -0.2) is 0 Å². The Morgan fingerprint density at radius 3 is 2.25 bits per heavy atom. The Balaban J connectivity index is 2.35. The number of hydrogen-bond acceptors (Lipinski definition) is 0. The molecule has 108 valence electrons. The highest BCUT2D eigenvalue weighted by Gasteiger charge is 2.07. The molecular weight excluding hydrogens is 256 g/mol. The van der Waals surface area contributed by atoms with Gasteiger partial charge in [0.05, 0.1) is 0 Å². The van der Waals surface area contributed by atoms with Gasteiger partial charge in [0.15, 0.2) is 0 Å². The van der Waals surface area contributed by atoms with Gasteiger partial charge in [-0.15, -0.1) is 12.1 Å². The average Bonchev–Trinajstić information content (AvgIpc) is 2.41. The number of rotatable bonds is 7. The van der Waals surface area contributed by atoms with E-state index in [-0.39, 0.29) is 0 Å². The first kappa shape index (κ1) is 16.8. The van der Waals surface area contributed by atoms with Crippen LogP contribution in [-0.2, 0) is 6.42 Å². The van der Waals surface area contributed by atoms with E-state index >= 15 is 0 Å². The van der Waals surface area contributed by atoms with Crippen LogP contribution < -0.4 is 0 Å². The number of aryl methyl sites for hydroxylation is 1. The predicted molar refractivity (Wildman–Crippen MR) is 93.7 cm³/mol. The maximum absolute atomic E-state index is 3.76. The Hall–Kier alpha value is -1.26. The number of unbranched alkanes of at least 4 members (excludes halogenated alkanes) is 4. The van der Waals surface area contributed by atoms with Crippen molar-refractivity contribution in [2.75, 3.05) is 0 Å². The van der Waals surface area contributed by atoms with E-state index in [0.717, 1.165) is 12.0 Å². The van der Waals surface area contributed by atoms with Crippen LogP contribution in [0.3, 0.4) is 0 Å². The Bertz CT molecular complexity index is 451. The Labute approximate surface area is 126 Å². The fraction of sp³-hybridized carbons (Fsp3) is 0.474. The quantitative estimate of drug-likeness (QED) is 0.265. The third-order valence-electron chi connectivity index (χ3n) is 3.16. The van der Waals surface area contributed by atoms with E-state index in [2.05, 4.69) is 61.9 Å². The normalized spacial score (nSPS) is 10.8. The molecule has 0 fully saturated rings. The molecule has 20 heavy (non-hydrogen) atoms. The minimum Gasteiger partial charge on any atom is -0.127 e. The summed E-state index contributed by atoms with van der Waals surface area (Å²) in [6, 6.07) is 8.80. The first-order chi connectivity index (χ1) is 9.51. The molecule has 1 heteroatoms. The van der Waals surface area contributed by atoms with Crippen molar-refractivity contribution in [2.45, 2.75) is 58.2 Å². The van der Waals surface area contributed by atoms with Crippen molar-refractivity contribution in [3.05, 3.63) is 48.0 Å². The van der Waals surface area contributed by atoms with Gasteiger partial charge < -0.3 is 0 Å². The summed E-state index contributed by atoms with van der Waals surface area (Å²) in [6.07, 6.45) is 9.59. The van der Waals surface area contributed by atoms with E-state index in [1.54, 1.807) is 0 Å². The van der Waals surface area contributed by atoms with E-state index in [1.165, 1.54) is 37.7 Å². The first-order valence-electron chi connectivity index (χ1n) is 7.74. The number of hydrogen-bond donors (Lipinski definition) is 0. The van der Waals surface area contributed by atoms with Crippen LogP contribution in [-0.4, -0.2) is 8.07 Å². The second-order valence-corrected chi connectivity index (χ2v) is 11.2. The third-order valence-corrected chi connectivity index (χ3v) is 4.03. The van der Waals surface area contributed by atoms with E-state index in [1.807, 2.05) is 6.08 Å². The fourth-order valence-corrected chi connectivity index (χ4v) is 2.51. The second kappa shape index (κ2) is 8.82. The van der Waals surface area contributed by atoms with Crippen LogP contribution in [0.1, 0.15) is 43.2 Å². The van der Waals surface area contributed by atoms with E-state index in [0.29, 0.717) is 0 Å². The SMILES string of the molecule is C=CCCCCCCc1ccc(C#C[Si](C)(C)C)cc1. The fourth-order valence-electron chi connectivity index (χ4n) is 1.99. The number of benzene rings is 1. The van der Waals surface area contributed by atoms with Crippen molar-refractivity contribution in [2.24, 2.45) is 0 Å². The lowest BCUT2D eigenvalue weighted by Gasteiger charge is -2.04. The lowest BCUT2D eigenvalue weighted by atomic mass is 10.0. The van der Waals surface area contributed by atoms with Crippen molar-refractivity contribution in [1.82, 2.24) is 0 Å². The maximum Gasteiger partial charge on any atom is 0.129 e. The standard InChI is InChI=1S/C19H28Si/c1-5-6-7-8-9-10-11-18-12-14-19(15-13-18)16-17-20(2,3)4/h5,12-15H,1,6-11H2,2-4H3.